The number of nitrogens with zero attached hydrogens (tertiary/aromatic N) is 3. The van der Waals surface area contributed by atoms with Crippen molar-refractivity contribution in [3.63, 3.8) is 0 Å². The van der Waals surface area contributed by atoms with Gasteiger partial charge >= 0.3 is 5.97 Å². The van der Waals surface area contributed by atoms with Crippen molar-refractivity contribution in [1.82, 2.24) is 57.2 Å². The largest absolute Gasteiger partial charge is 0.481 e. The molecule has 14 atom stereocenters. The number of aromatic nitrogens is 4. The molecule has 2 heterocycles. The topological polar surface area (TPSA) is 556 Å². The Morgan fingerprint density at radius 1 is 0.627 bits per heavy atom. The molecule has 83 heavy (non-hydrogen) atoms. The van der Waals surface area contributed by atoms with Gasteiger partial charge in [-0.1, -0.05) is 0 Å². The van der Waals surface area contributed by atoms with Crippen molar-refractivity contribution < 1.29 is 94.8 Å². The van der Waals surface area contributed by atoms with Crippen molar-refractivity contribution >= 4 is 76.8 Å². The van der Waals surface area contributed by atoms with Gasteiger partial charge in [0.1, 0.15) is 61.0 Å². The zero-order valence-corrected chi connectivity index (χ0v) is 46.3. The average molecular weight is 1200 g/mol. The number of carbonyl (C=O) groups excluding carboxylic acids is 6. The van der Waals surface area contributed by atoms with Crippen LogP contribution < -0.4 is 53.8 Å². The fraction of sp³-hybridized carbons (Fsp3) is 0.612. The molecular weight excluding hydrogens is 1120 g/mol. The number of nitrogens with two attached hydrogens (primary N) is 1. The van der Waals surface area contributed by atoms with E-state index in [1.54, 1.807) is 26.0 Å². The van der Waals surface area contributed by atoms with E-state index in [2.05, 4.69) is 75.1 Å². The fourth-order valence-electron chi connectivity index (χ4n) is 7.62. The summed E-state index contributed by atoms with van der Waals surface area (Å²) >= 11 is 4.14. The fourth-order valence-corrected chi connectivity index (χ4v) is 7.71. The number of benzene rings is 1. The zero-order valence-electron chi connectivity index (χ0n) is 45.4. The van der Waals surface area contributed by atoms with E-state index in [1.807, 2.05) is 0 Å². The van der Waals surface area contributed by atoms with Crippen LogP contribution in [0.1, 0.15) is 81.3 Å². The number of aliphatic hydroxyl groups is 11. The first-order valence-electron chi connectivity index (χ1n) is 26.2. The highest BCUT2D eigenvalue weighted by Gasteiger charge is 2.34. The minimum absolute atomic E-state index is 0.00503. The highest BCUT2D eigenvalue weighted by atomic mass is 32.1. The summed E-state index contributed by atoms with van der Waals surface area (Å²) in [5.74, 6) is -6.64. The van der Waals surface area contributed by atoms with E-state index >= 15 is 0 Å². The van der Waals surface area contributed by atoms with Crippen molar-refractivity contribution in [2.75, 3.05) is 43.1 Å². The minimum Gasteiger partial charge on any atom is -0.481 e. The number of carboxylic acid groups (broad SMARTS) is 1. The lowest BCUT2D eigenvalue weighted by atomic mass is 10.0. The minimum atomic E-state index is -2.04. The Balaban J connectivity index is 1.75. The van der Waals surface area contributed by atoms with Crippen LogP contribution in [-0.2, 0) is 35.3 Å². The molecule has 34 heteroatoms. The van der Waals surface area contributed by atoms with Gasteiger partial charge < -0.3 is 104 Å². The molecule has 0 saturated heterocycles. The average Bonchev–Trinajstić information content (AvgIpc) is 3.67. The molecular formula is C49H77N13O20S. The molecule has 464 valence electrons. The summed E-state index contributed by atoms with van der Waals surface area (Å²) < 4.78 is 0. The Bertz CT molecular complexity index is 2650. The molecule has 0 saturated carbocycles. The number of anilines is 2. The highest BCUT2D eigenvalue weighted by molar-refractivity contribution is 7.80. The molecule has 0 bridgehead atoms. The van der Waals surface area contributed by atoms with Crippen LogP contribution in [0.25, 0.3) is 11.2 Å². The predicted molar refractivity (Wildman–Crippen MR) is 294 cm³/mol. The molecule has 0 aliphatic carbocycles. The van der Waals surface area contributed by atoms with Crippen LogP contribution in [0.15, 0.2) is 35.3 Å². The number of thiol groups is 1. The van der Waals surface area contributed by atoms with Crippen molar-refractivity contribution in [1.29, 1.82) is 0 Å². The molecule has 0 fully saturated rings. The van der Waals surface area contributed by atoms with Gasteiger partial charge in [-0.2, -0.15) is 17.6 Å². The lowest BCUT2D eigenvalue weighted by Gasteiger charge is -2.27. The molecule has 23 N–H and O–H groups in total. The van der Waals surface area contributed by atoms with Crippen LogP contribution >= 0.6 is 12.6 Å². The maximum atomic E-state index is 14.1. The van der Waals surface area contributed by atoms with E-state index in [4.69, 9.17) is 15.9 Å². The normalized spacial score (nSPS) is 16.6. The molecule has 2 aromatic heterocycles. The predicted octanol–water partition coefficient (Wildman–Crippen LogP) is -7.98. The number of aliphatic hydroxyl groups excluding tert-OH is 11. The molecule has 33 nitrogen and oxygen atoms in total. The van der Waals surface area contributed by atoms with Crippen LogP contribution in [0.5, 0.6) is 0 Å². The smallest absolute Gasteiger partial charge is 0.303 e. The molecule has 0 radical (unpaired) electrons. The summed E-state index contributed by atoms with van der Waals surface area (Å²) in [5.41, 5.74) is 6.30. The Morgan fingerprint density at radius 2 is 1.16 bits per heavy atom. The van der Waals surface area contributed by atoms with Crippen LogP contribution in [-0.4, -0.2) is 240 Å². The van der Waals surface area contributed by atoms with E-state index in [0.717, 1.165) is 0 Å². The standard InChI is InChI=1S/C49H77N13O20S/c1-22(55-44(78)24-4-6-25(7-5-24)51-15-26-16-54-43-38(57-26)48(82)62-49(50)61-43)3-11-36(71)58-27(8-12-34(69)52-17-30(65)39(74)41(76)32(67)19-63)46(80)60-29(10-14-37(72)73)47(81)59-28(45(79)56-23(2)21-83)9-13-35(70)53-18-31(66)40(75)42(77)33(68)20-64/h4-7,16,22-23,27-33,35,39-42,51,53,63-68,70,74-77,83H,3,8-15,17-21H2,1-2H3,(H,52,69)(H,55,78)(H,56,79)(H,58,71)(H,59,81)(H,60,80)(H,72,73)(H3,50,54,61,62,82)/t22-,23-,27+,28+,29+,30+,31+,32-,33-,35?,39-,40-,41-,42-/m1/s1. The second kappa shape index (κ2) is 35.4. The Morgan fingerprint density at radius 3 is 1.73 bits per heavy atom. The second-order valence-corrected chi connectivity index (χ2v) is 19.9. The second-order valence-electron chi connectivity index (χ2n) is 19.5. The molecule has 3 rings (SSSR count). The van der Waals surface area contributed by atoms with Crippen molar-refractivity contribution in [3.05, 3.63) is 52.1 Å². The van der Waals surface area contributed by atoms with Gasteiger partial charge in [0.2, 0.25) is 35.5 Å². The number of aliphatic carboxylic acids is 1. The summed E-state index contributed by atoms with van der Waals surface area (Å²) in [6.07, 6.45) is -18.9. The number of H-pyrrole nitrogens is 1. The molecule has 6 amide bonds. The number of aromatic amines is 1. The van der Waals surface area contributed by atoms with Crippen molar-refractivity contribution in [2.24, 2.45) is 0 Å². The monoisotopic (exact) mass is 1200 g/mol. The van der Waals surface area contributed by atoms with Crippen LogP contribution in [0, 0.1) is 0 Å². The van der Waals surface area contributed by atoms with E-state index in [1.165, 1.54) is 18.3 Å². The zero-order chi connectivity index (χ0) is 62.1. The number of amides is 6. The lowest BCUT2D eigenvalue weighted by Crippen LogP contribution is -2.57. The number of fused-ring (bicyclic) bond motifs is 1. The summed E-state index contributed by atoms with van der Waals surface area (Å²) in [6.45, 7) is 0.128. The molecule has 0 aliphatic heterocycles. The van der Waals surface area contributed by atoms with E-state index in [-0.39, 0.29) is 60.7 Å². The summed E-state index contributed by atoms with van der Waals surface area (Å²) in [4.78, 5) is 120. The van der Waals surface area contributed by atoms with Gasteiger partial charge in [0.05, 0.1) is 43.9 Å². The summed E-state index contributed by atoms with van der Waals surface area (Å²) in [7, 11) is 0. The molecule has 1 aromatic carbocycles. The van der Waals surface area contributed by atoms with E-state index in [0.29, 0.717) is 11.4 Å². The highest BCUT2D eigenvalue weighted by Crippen LogP contribution is 2.14. The van der Waals surface area contributed by atoms with Gasteiger partial charge in [-0.3, -0.25) is 48.7 Å². The maximum absolute atomic E-state index is 14.1. The Hall–Kier alpha value is -6.80. The first kappa shape index (κ1) is 70.5. The molecule has 3 aromatic rings. The Labute approximate surface area is 479 Å². The van der Waals surface area contributed by atoms with Gasteiger partial charge in [-0.25, -0.2) is 9.97 Å². The molecule has 1 unspecified atom stereocenters. The SMILES string of the molecule is C[C@H](CCC(=O)N[C@@H](CCC(=O)NC[C@H](O)[C@@H](O)[C@H](O)[C@H](O)CO)C(=O)N[C@@H](CCC(=O)O)C(=O)N[C@@H](CCC(O)NC[C@H](O)[C@@H](O)[C@H](O)[C@H](O)CO)C(=O)N[C@H](C)CS)NC(=O)c1ccc(NCc2cnc3nc(N)[nH]c(=O)c3n2)cc1. The van der Waals surface area contributed by atoms with Gasteiger partial charge in [0.15, 0.2) is 11.2 Å². The number of hydrogen-bond acceptors (Lipinski definition) is 26. The molecule has 0 aliphatic rings. The molecule has 0 spiro atoms. The number of carboxylic acids is 1. The lowest BCUT2D eigenvalue weighted by molar-refractivity contribution is -0.138. The first-order valence-corrected chi connectivity index (χ1v) is 26.8. The van der Waals surface area contributed by atoms with Crippen LogP contribution in [0.3, 0.4) is 0 Å². The number of rotatable bonds is 38. The van der Waals surface area contributed by atoms with E-state index < -0.39 is 184 Å². The third-order valence-electron chi connectivity index (χ3n) is 12.6. The summed E-state index contributed by atoms with van der Waals surface area (Å²) in [6, 6.07) is 0.130. The van der Waals surface area contributed by atoms with Gasteiger partial charge in [0.25, 0.3) is 11.5 Å². The third kappa shape index (κ3) is 24.1. The Kier molecular flexibility index (Phi) is 30.0. The van der Waals surface area contributed by atoms with Crippen molar-refractivity contribution in [2.45, 2.75) is 157 Å². The quantitative estimate of drug-likeness (QED) is 0.0187. The number of nitrogens with one attached hydrogen (secondary N) is 9. The van der Waals surface area contributed by atoms with Gasteiger partial charge in [-0.05, 0) is 70.2 Å². The number of hydrogen-bond donors (Lipinski definition) is 23. The van der Waals surface area contributed by atoms with Gasteiger partial charge in [0, 0.05) is 61.4 Å². The van der Waals surface area contributed by atoms with Crippen LogP contribution in [0.2, 0.25) is 0 Å². The van der Waals surface area contributed by atoms with Crippen molar-refractivity contribution in [3.8, 4) is 0 Å². The summed E-state index contributed by atoms with van der Waals surface area (Å²) in [5, 5.41) is 139. The van der Waals surface area contributed by atoms with Crippen LogP contribution in [0.4, 0.5) is 11.6 Å². The van der Waals surface area contributed by atoms with Gasteiger partial charge in [-0.15, -0.1) is 0 Å². The van der Waals surface area contributed by atoms with E-state index in [9.17, 15) is 89.4 Å². The third-order valence-corrected chi connectivity index (χ3v) is 13.2. The number of nitrogen functional groups attached to an aromatic ring is 1. The number of carbonyl (C=O) groups is 7. The first-order chi connectivity index (χ1) is 39.2. The maximum Gasteiger partial charge on any atom is 0.303 e.